The van der Waals surface area contributed by atoms with Gasteiger partial charge in [0.05, 0.1) is 11.4 Å². The Kier molecular flexibility index (Phi) is 4.47. The zero-order chi connectivity index (χ0) is 16.4. The minimum Gasteiger partial charge on any atom is -0.340 e. The third-order valence-electron chi connectivity index (χ3n) is 3.97. The summed E-state index contributed by atoms with van der Waals surface area (Å²) < 4.78 is 1.91. The fourth-order valence-electron chi connectivity index (χ4n) is 2.46. The van der Waals surface area contributed by atoms with Crippen molar-refractivity contribution in [3.8, 4) is 0 Å². The molecule has 1 N–H and O–H groups in total. The molecule has 0 spiro atoms. The monoisotopic (exact) mass is 332 g/mol. The Morgan fingerprint density at radius 1 is 1.52 bits per heavy atom. The summed E-state index contributed by atoms with van der Waals surface area (Å²) in [5, 5.41) is 4.64. The number of aromatic nitrogens is 2. The number of nitrogens with zero attached hydrogens (tertiary/aromatic N) is 3. The van der Waals surface area contributed by atoms with E-state index in [9.17, 15) is 9.59 Å². The Morgan fingerprint density at radius 2 is 2.30 bits per heavy atom. The van der Waals surface area contributed by atoms with Gasteiger partial charge in [-0.15, -0.1) is 11.3 Å². The van der Waals surface area contributed by atoms with E-state index in [2.05, 4.69) is 10.3 Å². The van der Waals surface area contributed by atoms with E-state index in [0.29, 0.717) is 11.4 Å². The Balaban J connectivity index is 1.66. The average Bonchev–Trinajstić information content (AvgIpc) is 3.06. The van der Waals surface area contributed by atoms with Gasteiger partial charge in [0, 0.05) is 25.5 Å². The Bertz CT molecular complexity index is 691. The molecule has 2 heterocycles. The SMILES string of the molecule is C[C@H](NC(=O)c1cccs1)C(=O)N(Cc1nccn1C)C1CC1. The molecule has 2 amide bonds. The van der Waals surface area contributed by atoms with Gasteiger partial charge < -0.3 is 14.8 Å². The molecule has 23 heavy (non-hydrogen) atoms. The molecule has 2 aromatic heterocycles. The number of imidazole rings is 1. The highest BCUT2D eigenvalue weighted by atomic mass is 32.1. The molecule has 7 heteroatoms. The lowest BCUT2D eigenvalue weighted by atomic mass is 10.2. The summed E-state index contributed by atoms with van der Waals surface area (Å²) in [6.07, 6.45) is 5.63. The van der Waals surface area contributed by atoms with Gasteiger partial charge in [-0.1, -0.05) is 6.07 Å². The normalized spacial score (nSPS) is 15.2. The van der Waals surface area contributed by atoms with Gasteiger partial charge in [-0.3, -0.25) is 9.59 Å². The van der Waals surface area contributed by atoms with Crippen LogP contribution in [0.4, 0.5) is 0 Å². The van der Waals surface area contributed by atoms with Crippen LogP contribution in [0.15, 0.2) is 29.9 Å². The number of nitrogens with one attached hydrogen (secondary N) is 1. The lowest BCUT2D eigenvalue weighted by molar-refractivity contribution is -0.134. The molecule has 1 aliphatic carbocycles. The zero-order valence-corrected chi connectivity index (χ0v) is 14.0. The van der Waals surface area contributed by atoms with Crippen molar-refractivity contribution in [1.29, 1.82) is 0 Å². The maximum Gasteiger partial charge on any atom is 0.261 e. The molecule has 1 fully saturated rings. The van der Waals surface area contributed by atoms with E-state index < -0.39 is 6.04 Å². The van der Waals surface area contributed by atoms with Crippen molar-refractivity contribution in [3.05, 3.63) is 40.6 Å². The number of carbonyl (C=O) groups excluding carboxylic acids is 2. The predicted molar refractivity (Wildman–Crippen MR) is 88.0 cm³/mol. The van der Waals surface area contributed by atoms with Gasteiger partial charge in [0.2, 0.25) is 5.91 Å². The van der Waals surface area contributed by atoms with Gasteiger partial charge in [0.15, 0.2) is 0 Å². The second-order valence-electron chi connectivity index (χ2n) is 5.82. The smallest absolute Gasteiger partial charge is 0.261 e. The summed E-state index contributed by atoms with van der Waals surface area (Å²) in [6, 6.07) is 3.29. The van der Waals surface area contributed by atoms with Gasteiger partial charge in [0.1, 0.15) is 11.9 Å². The number of aryl methyl sites for hydroxylation is 1. The van der Waals surface area contributed by atoms with Crippen LogP contribution in [0.25, 0.3) is 0 Å². The summed E-state index contributed by atoms with van der Waals surface area (Å²) in [5.41, 5.74) is 0. The number of hydrogen-bond donors (Lipinski definition) is 1. The summed E-state index contributed by atoms with van der Waals surface area (Å²) in [7, 11) is 1.92. The van der Waals surface area contributed by atoms with E-state index in [1.165, 1.54) is 11.3 Å². The van der Waals surface area contributed by atoms with Crippen LogP contribution < -0.4 is 5.32 Å². The molecule has 0 saturated heterocycles. The predicted octanol–water partition coefficient (Wildman–Crippen LogP) is 1.79. The first-order valence-electron chi connectivity index (χ1n) is 7.67. The third kappa shape index (κ3) is 3.61. The summed E-state index contributed by atoms with van der Waals surface area (Å²) >= 11 is 1.37. The van der Waals surface area contributed by atoms with Crippen LogP contribution in [0.3, 0.4) is 0 Å². The molecule has 0 radical (unpaired) electrons. The van der Waals surface area contributed by atoms with Crippen molar-refractivity contribution in [2.24, 2.45) is 7.05 Å². The number of thiophene rings is 1. The third-order valence-corrected chi connectivity index (χ3v) is 4.84. The van der Waals surface area contributed by atoms with E-state index in [0.717, 1.165) is 18.7 Å². The molecular formula is C16H20N4O2S. The highest BCUT2D eigenvalue weighted by Crippen LogP contribution is 2.28. The van der Waals surface area contributed by atoms with Crippen molar-refractivity contribution in [3.63, 3.8) is 0 Å². The van der Waals surface area contributed by atoms with E-state index in [-0.39, 0.29) is 17.9 Å². The summed E-state index contributed by atoms with van der Waals surface area (Å²) in [5.74, 6) is 0.594. The Morgan fingerprint density at radius 3 is 2.87 bits per heavy atom. The molecule has 0 aromatic carbocycles. The molecule has 3 rings (SSSR count). The van der Waals surface area contributed by atoms with Gasteiger partial charge >= 0.3 is 0 Å². The molecule has 2 aromatic rings. The van der Waals surface area contributed by atoms with Crippen LogP contribution in [-0.4, -0.2) is 38.3 Å². The zero-order valence-electron chi connectivity index (χ0n) is 13.2. The first kappa shape index (κ1) is 15.7. The standard InChI is InChI=1S/C16H20N4O2S/c1-11(18-15(21)13-4-3-9-23-13)16(22)20(12-5-6-12)10-14-17-7-8-19(14)2/h3-4,7-9,11-12H,5-6,10H2,1-2H3,(H,18,21)/t11-/m0/s1. The van der Waals surface area contributed by atoms with Crippen LogP contribution >= 0.6 is 11.3 Å². The molecule has 1 saturated carbocycles. The van der Waals surface area contributed by atoms with Gasteiger partial charge in [-0.05, 0) is 31.2 Å². The number of amides is 2. The molecule has 6 nitrogen and oxygen atoms in total. The maximum absolute atomic E-state index is 12.7. The minimum atomic E-state index is -0.550. The van der Waals surface area contributed by atoms with Gasteiger partial charge in [-0.25, -0.2) is 4.98 Å². The van der Waals surface area contributed by atoms with Crippen LogP contribution in [0.2, 0.25) is 0 Å². The largest absolute Gasteiger partial charge is 0.340 e. The van der Waals surface area contributed by atoms with Crippen LogP contribution in [-0.2, 0) is 18.4 Å². The fraction of sp³-hybridized carbons (Fsp3) is 0.438. The molecular weight excluding hydrogens is 312 g/mol. The number of carbonyl (C=O) groups is 2. The van der Waals surface area contributed by atoms with Crippen molar-refractivity contribution >= 4 is 23.2 Å². The molecule has 1 atom stereocenters. The summed E-state index contributed by atoms with van der Waals surface area (Å²) in [4.78, 5) is 31.6. The lowest BCUT2D eigenvalue weighted by Gasteiger charge is -2.26. The maximum atomic E-state index is 12.7. The Labute approximate surface area is 139 Å². The first-order chi connectivity index (χ1) is 11.1. The lowest BCUT2D eigenvalue weighted by Crippen LogP contribution is -2.47. The minimum absolute atomic E-state index is 0.0552. The topological polar surface area (TPSA) is 67.2 Å². The van der Waals surface area contributed by atoms with Crippen LogP contribution in [0, 0.1) is 0 Å². The van der Waals surface area contributed by atoms with E-state index in [4.69, 9.17) is 0 Å². The highest BCUT2D eigenvalue weighted by molar-refractivity contribution is 7.12. The van der Waals surface area contributed by atoms with Gasteiger partial charge in [0.25, 0.3) is 5.91 Å². The van der Waals surface area contributed by atoms with E-state index in [1.807, 2.05) is 34.2 Å². The van der Waals surface area contributed by atoms with Crippen molar-refractivity contribution in [2.75, 3.05) is 0 Å². The second kappa shape index (κ2) is 6.54. The first-order valence-corrected chi connectivity index (χ1v) is 8.55. The van der Waals surface area contributed by atoms with Crippen LogP contribution in [0.5, 0.6) is 0 Å². The number of rotatable bonds is 6. The number of hydrogen-bond acceptors (Lipinski definition) is 4. The quantitative estimate of drug-likeness (QED) is 0.877. The summed E-state index contributed by atoms with van der Waals surface area (Å²) in [6.45, 7) is 2.22. The Hall–Kier alpha value is -2.15. The highest BCUT2D eigenvalue weighted by Gasteiger charge is 2.35. The van der Waals surface area contributed by atoms with Crippen molar-refractivity contribution in [1.82, 2.24) is 19.8 Å². The molecule has 1 aliphatic rings. The molecule has 0 unspecified atom stereocenters. The molecule has 122 valence electrons. The second-order valence-corrected chi connectivity index (χ2v) is 6.77. The van der Waals surface area contributed by atoms with Gasteiger partial charge in [-0.2, -0.15) is 0 Å². The van der Waals surface area contributed by atoms with Crippen molar-refractivity contribution in [2.45, 2.75) is 38.4 Å². The molecule has 0 aliphatic heterocycles. The van der Waals surface area contributed by atoms with E-state index >= 15 is 0 Å². The average molecular weight is 332 g/mol. The molecule has 0 bridgehead atoms. The van der Waals surface area contributed by atoms with Crippen molar-refractivity contribution < 1.29 is 9.59 Å². The van der Waals surface area contributed by atoms with E-state index in [1.54, 1.807) is 19.2 Å². The van der Waals surface area contributed by atoms with Crippen LogP contribution in [0.1, 0.15) is 35.3 Å². The fourth-order valence-corrected chi connectivity index (χ4v) is 3.09.